The summed E-state index contributed by atoms with van der Waals surface area (Å²) in [5.74, 6) is 0. The number of rotatable bonds is 6. The Morgan fingerprint density at radius 1 is 0.405 bits per heavy atom. The van der Waals surface area contributed by atoms with Crippen LogP contribution in [0.25, 0.3) is 26.8 Å². The maximum atomic E-state index is 2.69. The molecule has 0 aliphatic heterocycles. The molecule has 3 aliphatic rings. The van der Waals surface area contributed by atoms with E-state index in [1.54, 1.807) is 0 Å². The molecule has 3 heteroatoms. The monoisotopic (exact) mass is 983 g/mol. The quantitative estimate of drug-likeness (QED) is 0.164. The second-order valence-electron chi connectivity index (χ2n) is 25.4. The lowest BCUT2D eigenvalue weighted by molar-refractivity contribution is 0.589. The van der Waals surface area contributed by atoms with E-state index in [0.717, 1.165) is 23.5 Å². The van der Waals surface area contributed by atoms with Crippen LogP contribution >= 0.6 is 11.3 Å². The number of nitrogens with zero attached hydrogens (tertiary/aromatic N) is 2. The topological polar surface area (TPSA) is 6.48 Å². The fourth-order valence-electron chi connectivity index (χ4n) is 12.6. The summed E-state index contributed by atoms with van der Waals surface area (Å²) >= 11 is 1.99. The van der Waals surface area contributed by atoms with Gasteiger partial charge in [0.1, 0.15) is 0 Å². The highest BCUT2D eigenvalue weighted by Gasteiger charge is 2.56. The van der Waals surface area contributed by atoms with Gasteiger partial charge in [0.25, 0.3) is 0 Å². The molecule has 1 spiro atoms. The van der Waals surface area contributed by atoms with E-state index in [1.807, 2.05) is 11.3 Å². The Balaban J connectivity index is 1.13. The van der Waals surface area contributed by atoms with Crippen molar-refractivity contribution in [1.29, 1.82) is 0 Å². The van der Waals surface area contributed by atoms with Gasteiger partial charge in [-0.2, -0.15) is 0 Å². The smallest absolute Gasteiger partial charge is 0.0728 e. The van der Waals surface area contributed by atoms with Crippen molar-refractivity contribution in [3.63, 3.8) is 0 Å². The molecule has 1 heterocycles. The van der Waals surface area contributed by atoms with Crippen LogP contribution in [0.1, 0.15) is 150 Å². The van der Waals surface area contributed by atoms with Gasteiger partial charge in [-0.1, -0.05) is 204 Å². The average molecular weight is 983 g/mol. The molecule has 0 N–H and O–H groups in total. The summed E-state index contributed by atoms with van der Waals surface area (Å²) in [6.45, 7) is 27.7. The van der Waals surface area contributed by atoms with Crippen molar-refractivity contribution in [3.05, 3.63) is 249 Å². The van der Waals surface area contributed by atoms with Crippen molar-refractivity contribution < 1.29 is 0 Å². The molecule has 0 amide bonds. The minimum atomic E-state index is -0.553. The summed E-state index contributed by atoms with van der Waals surface area (Å²) in [7, 11) is 0. The third-order valence-electron chi connectivity index (χ3n) is 16.5. The lowest BCUT2D eigenvalue weighted by Gasteiger charge is -2.41. The zero-order valence-corrected chi connectivity index (χ0v) is 46.3. The molecule has 1 atom stereocenters. The highest BCUT2D eigenvalue weighted by Crippen LogP contribution is 2.68. The minimum absolute atomic E-state index is 0.00636. The van der Waals surface area contributed by atoms with Crippen LogP contribution in [0.2, 0.25) is 0 Å². The number of thiophene rings is 1. The maximum Gasteiger partial charge on any atom is 0.0728 e. The number of hydrogen-bond donors (Lipinski definition) is 0. The van der Waals surface area contributed by atoms with E-state index in [9.17, 15) is 0 Å². The predicted molar refractivity (Wildman–Crippen MR) is 318 cm³/mol. The lowest BCUT2D eigenvalue weighted by atomic mass is 9.67. The molecule has 74 heavy (non-hydrogen) atoms. The van der Waals surface area contributed by atoms with Gasteiger partial charge in [-0.3, -0.25) is 0 Å². The van der Waals surface area contributed by atoms with E-state index in [0.29, 0.717) is 0 Å². The molecule has 12 rings (SSSR count). The van der Waals surface area contributed by atoms with Gasteiger partial charge in [-0.05, 0) is 162 Å². The summed E-state index contributed by atoms with van der Waals surface area (Å²) in [5.41, 5.74) is 23.2. The van der Waals surface area contributed by atoms with E-state index < -0.39 is 5.41 Å². The minimum Gasteiger partial charge on any atom is -0.333 e. The van der Waals surface area contributed by atoms with E-state index in [2.05, 4.69) is 281 Å². The first-order valence-electron chi connectivity index (χ1n) is 26.8. The first-order valence-corrected chi connectivity index (χ1v) is 27.7. The van der Waals surface area contributed by atoms with Gasteiger partial charge in [0.2, 0.25) is 0 Å². The zero-order valence-electron chi connectivity index (χ0n) is 45.5. The summed E-state index contributed by atoms with van der Waals surface area (Å²) in [6.07, 6.45) is 0.843. The van der Waals surface area contributed by atoms with Crippen molar-refractivity contribution in [2.24, 2.45) is 0 Å². The van der Waals surface area contributed by atoms with Crippen molar-refractivity contribution in [1.82, 2.24) is 0 Å². The molecule has 0 saturated carbocycles. The summed E-state index contributed by atoms with van der Waals surface area (Å²) in [6, 6.07) is 73.0. The van der Waals surface area contributed by atoms with E-state index >= 15 is 0 Å². The van der Waals surface area contributed by atoms with Crippen molar-refractivity contribution in [2.45, 2.75) is 123 Å². The Kier molecular flexibility index (Phi) is 11.1. The molecule has 8 aromatic carbocycles. The van der Waals surface area contributed by atoms with Crippen LogP contribution in [0, 0.1) is 0 Å². The standard InChI is InChI=1S/C71H70N2S/c1-67(2,3)45-25-33-49(34-26-45)72(50-35-27-46(28-36-50)68(4,5)6)53-41-42-56-60(43-53)71(58-22-16-13-19-54(58)55-20-14-17-23-59(55)71)61-44-62(66-65(64(56)61)57-21-15-18-24-63(57)74-66)73(51-37-29-47(30-38-51)69(7,8)9)52-39-31-48(32-40-52)70(10,11)12/h13-43,62H,44H2,1-12H3. The Morgan fingerprint density at radius 3 is 1.27 bits per heavy atom. The SMILES string of the molecule is CC(C)(C)c1ccc(N(c2ccc(C(C)(C)C)cc2)c2ccc3c(c2)C2(C4=C3c3c(sc5ccccc35)C(N(c3ccc(C(C)(C)C)cc3)c3ccc(C(C)(C)C)cc3)C4)c3ccccc3-c3ccccc32)cc1. The van der Waals surface area contributed by atoms with Crippen LogP contribution in [-0.2, 0) is 27.1 Å². The Hall–Kier alpha value is -6.94. The largest absolute Gasteiger partial charge is 0.333 e. The fraction of sp³-hybridized carbons (Fsp3) is 0.268. The van der Waals surface area contributed by atoms with Gasteiger partial charge in [0, 0.05) is 49.0 Å². The molecule has 370 valence electrons. The molecule has 2 nitrogen and oxygen atoms in total. The first-order chi connectivity index (χ1) is 35.2. The molecular formula is C71H70N2S. The van der Waals surface area contributed by atoms with Gasteiger partial charge < -0.3 is 9.80 Å². The van der Waals surface area contributed by atoms with Gasteiger partial charge in [-0.15, -0.1) is 11.3 Å². The third-order valence-corrected chi connectivity index (χ3v) is 17.8. The molecular weight excluding hydrogens is 913 g/mol. The number of hydrogen-bond acceptors (Lipinski definition) is 3. The van der Waals surface area contributed by atoms with Gasteiger partial charge in [0.15, 0.2) is 0 Å². The van der Waals surface area contributed by atoms with Crippen LogP contribution < -0.4 is 9.80 Å². The van der Waals surface area contributed by atoms with E-state index in [-0.39, 0.29) is 27.7 Å². The normalized spacial score (nSPS) is 15.7. The first kappa shape index (κ1) is 48.0. The van der Waals surface area contributed by atoms with Gasteiger partial charge in [-0.25, -0.2) is 0 Å². The Bertz CT molecular complexity index is 3490. The highest BCUT2D eigenvalue weighted by atomic mass is 32.1. The molecule has 3 aliphatic carbocycles. The zero-order chi connectivity index (χ0) is 51.7. The van der Waals surface area contributed by atoms with Crippen molar-refractivity contribution in [3.8, 4) is 11.1 Å². The number of fused-ring (bicyclic) bond motifs is 13. The van der Waals surface area contributed by atoms with Crippen molar-refractivity contribution in [2.75, 3.05) is 9.80 Å². The van der Waals surface area contributed by atoms with Crippen LogP contribution in [0.15, 0.2) is 194 Å². The van der Waals surface area contributed by atoms with Gasteiger partial charge >= 0.3 is 0 Å². The second kappa shape index (κ2) is 17.1. The average Bonchev–Trinajstić information content (AvgIpc) is 4.06. The van der Waals surface area contributed by atoms with E-state index in [4.69, 9.17) is 0 Å². The Morgan fingerprint density at radius 2 is 0.811 bits per heavy atom. The maximum absolute atomic E-state index is 2.69. The van der Waals surface area contributed by atoms with E-state index in [1.165, 1.54) is 98.7 Å². The predicted octanol–water partition coefficient (Wildman–Crippen LogP) is 20.0. The highest BCUT2D eigenvalue weighted by molar-refractivity contribution is 7.19. The lowest BCUT2D eigenvalue weighted by Crippen LogP contribution is -2.33. The molecule has 9 aromatic rings. The van der Waals surface area contributed by atoms with Crippen LogP contribution in [0.3, 0.4) is 0 Å². The van der Waals surface area contributed by atoms with Crippen LogP contribution in [0.5, 0.6) is 0 Å². The van der Waals surface area contributed by atoms with Crippen LogP contribution in [-0.4, -0.2) is 0 Å². The molecule has 0 radical (unpaired) electrons. The van der Waals surface area contributed by atoms with Gasteiger partial charge in [0.05, 0.1) is 11.5 Å². The second-order valence-corrected chi connectivity index (χ2v) is 26.5. The van der Waals surface area contributed by atoms with Crippen LogP contribution in [0.4, 0.5) is 28.4 Å². The fourth-order valence-corrected chi connectivity index (χ4v) is 13.9. The number of anilines is 5. The third kappa shape index (κ3) is 7.63. The summed E-state index contributed by atoms with van der Waals surface area (Å²) in [5, 5.41) is 1.34. The number of benzene rings is 8. The molecule has 0 bridgehead atoms. The molecule has 1 aromatic heterocycles. The summed E-state index contributed by atoms with van der Waals surface area (Å²) < 4.78 is 1.33. The molecule has 0 saturated heterocycles. The Labute approximate surface area is 445 Å². The van der Waals surface area contributed by atoms with Crippen molar-refractivity contribution >= 4 is 55.4 Å². The molecule has 1 unspecified atom stereocenters. The summed E-state index contributed by atoms with van der Waals surface area (Å²) in [4.78, 5) is 6.61. The molecule has 0 fully saturated rings.